The number of hydrogen-bond acceptors (Lipinski definition) is 6. The van der Waals surface area contributed by atoms with Gasteiger partial charge in [0.25, 0.3) is 5.91 Å². The maximum atomic E-state index is 12.9. The van der Waals surface area contributed by atoms with Crippen LogP contribution >= 0.6 is 11.6 Å². The van der Waals surface area contributed by atoms with Crippen LogP contribution in [0.15, 0.2) is 41.4 Å². The third-order valence-corrected chi connectivity index (χ3v) is 8.87. The van der Waals surface area contributed by atoms with Gasteiger partial charge >= 0.3 is 0 Å². The quantitative estimate of drug-likeness (QED) is 0.436. The Balaban J connectivity index is 1.38. The lowest BCUT2D eigenvalue weighted by atomic mass is 9.93. The van der Waals surface area contributed by atoms with Crippen molar-refractivity contribution in [2.45, 2.75) is 62.7 Å². The van der Waals surface area contributed by atoms with Crippen molar-refractivity contribution in [1.82, 2.24) is 10.3 Å². The maximum Gasteiger partial charge on any atom is 0.255 e. The molecule has 4 rings (SSSR count). The third kappa shape index (κ3) is 7.93. The highest BCUT2D eigenvalue weighted by Crippen LogP contribution is 2.31. The molecule has 2 aromatic rings. The van der Waals surface area contributed by atoms with Crippen molar-refractivity contribution in [3.63, 3.8) is 0 Å². The van der Waals surface area contributed by atoms with Gasteiger partial charge in [0, 0.05) is 49.1 Å². The molecule has 2 N–H and O–H groups in total. The van der Waals surface area contributed by atoms with E-state index in [1.165, 1.54) is 50.8 Å². The number of sulfone groups is 1. The monoisotopic (exact) mass is 560 g/mol. The SMILES string of the molecule is CS(=O)(=O)c1cnc(N2CCC(CC(=O)NCC3CCCCCC3)CC2)c(NC(=O)c2cccc(Cl)c2)c1. The van der Waals surface area contributed by atoms with Crippen molar-refractivity contribution in [1.29, 1.82) is 0 Å². The van der Waals surface area contributed by atoms with Gasteiger partial charge in [-0.1, -0.05) is 43.4 Å². The number of aromatic nitrogens is 1. The Hall–Kier alpha value is -2.65. The summed E-state index contributed by atoms with van der Waals surface area (Å²) in [5.41, 5.74) is 0.694. The van der Waals surface area contributed by atoms with Gasteiger partial charge < -0.3 is 15.5 Å². The van der Waals surface area contributed by atoms with Crippen LogP contribution in [0.4, 0.5) is 11.5 Å². The van der Waals surface area contributed by atoms with Gasteiger partial charge in [0.2, 0.25) is 5.91 Å². The summed E-state index contributed by atoms with van der Waals surface area (Å²) in [4.78, 5) is 32.0. The Morgan fingerprint density at radius 2 is 1.74 bits per heavy atom. The standard InChI is InChI=1S/C28H37ClN4O4S/c1-38(36,37)24-17-25(32-28(35)22-9-6-10-23(29)16-22)27(31-19-24)33-13-11-20(12-14-33)15-26(34)30-18-21-7-4-2-3-5-8-21/h6,9-10,16-17,19-21H,2-5,7-8,11-15,18H2,1H3,(H,30,34)(H,32,35). The van der Waals surface area contributed by atoms with E-state index in [2.05, 4.69) is 15.6 Å². The molecule has 0 spiro atoms. The Kier molecular flexibility index (Phi) is 9.65. The first kappa shape index (κ1) is 28.4. The van der Waals surface area contributed by atoms with Crippen LogP contribution in [0, 0.1) is 11.8 Å². The first-order valence-electron chi connectivity index (χ1n) is 13.5. The van der Waals surface area contributed by atoms with E-state index in [0.717, 1.165) is 25.6 Å². The summed E-state index contributed by atoms with van der Waals surface area (Å²) in [5, 5.41) is 6.42. The summed E-state index contributed by atoms with van der Waals surface area (Å²) in [6.45, 7) is 2.10. The lowest BCUT2D eigenvalue weighted by molar-refractivity contribution is -0.122. The van der Waals surface area contributed by atoms with Crippen LogP contribution in [0.25, 0.3) is 0 Å². The highest BCUT2D eigenvalue weighted by Gasteiger charge is 2.26. The number of halogens is 1. The number of carbonyl (C=O) groups is 2. The second-order valence-electron chi connectivity index (χ2n) is 10.6. The van der Waals surface area contributed by atoms with Crippen molar-refractivity contribution >= 4 is 44.8 Å². The van der Waals surface area contributed by atoms with Crippen LogP contribution in [0.3, 0.4) is 0 Å². The summed E-state index contributed by atoms with van der Waals surface area (Å²) in [5.74, 6) is 1.12. The molecule has 8 nitrogen and oxygen atoms in total. The van der Waals surface area contributed by atoms with Gasteiger partial charge in [0.05, 0.1) is 10.6 Å². The molecule has 2 amide bonds. The van der Waals surface area contributed by atoms with E-state index in [4.69, 9.17) is 11.6 Å². The number of amides is 2. The smallest absolute Gasteiger partial charge is 0.255 e. The van der Waals surface area contributed by atoms with Crippen LogP contribution in [0.2, 0.25) is 5.02 Å². The minimum atomic E-state index is -3.52. The first-order chi connectivity index (χ1) is 18.2. The Labute approximate surface area is 230 Å². The zero-order valence-electron chi connectivity index (χ0n) is 21.9. The molecule has 2 fully saturated rings. The molecule has 2 aliphatic rings. The van der Waals surface area contributed by atoms with E-state index in [0.29, 0.717) is 47.5 Å². The van der Waals surface area contributed by atoms with E-state index >= 15 is 0 Å². The van der Waals surface area contributed by atoms with Gasteiger partial charge in [-0.2, -0.15) is 0 Å². The Morgan fingerprint density at radius 3 is 2.39 bits per heavy atom. The van der Waals surface area contributed by atoms with Crippen LogP contribution in [-0.2, 0) is 14.6 Å². The van der Waals surface area contributed by atoms with Crippen molar-refractivity contribution < 1.29 is 18.0 Å². The number of hydrogen-bond donors (Lipinski definition) is 2. The molecule has 10 heteroatoms. The summed E-state index contributed by atoms with van der Waals surface area (Å²) in [6.07, 6.45) is 12.1. The second-order valence-corrected chi connectivity index (χ2v) is 13.0. The molecule has 0 unspecified atom stereocenters. The summed E-state index contributed by atoms with van der Waals surface area (Å²) in [7, 11) is -3.52. The number of nitrogens with one attached hydrogen (secondary N) is 2. The predicted molar refractivity (Wildman–Crippen MR) is 151 cm³/mol. The molecule has 0 atom stereocenters. The minimum Gasteiger partial charge on any atom is -0.356 e. The van der Waals surface area contributed by atoms with Gasteiger partial charge in [-0.15, -0.1) is 0 Å². The summed E-state index contributed by atoms with van der Waals surface area (Å²) < 4.78 is 24.3. The van der Waals surface area contributed by atoms with Crippen molar-refractivity contribution in [2.75, 3.05) is 36.1 Å². The average Bonchev–Trinajstić information content (AvgIpc) is 3.16. The molecule has 206 valence electrons. The topological polar surface area (TPSA) is 108 Å². The lowest BCUT2D eigenvalue weighted by Gasteiger charge is -2.33. The van der Waals surface area contributed by atoms with Crippen LogP contribution < -0.4 is 15.5 Å². The molecule has 0 radical (unpaired) electrons. The third-order valence-electron chi connectivity index (χ3n) is 7.56. The number of piperidine rings is 1. The van der Waals surface area contributed by atoms with E-state index in [9.17, 15) is 18.0 Å². The number of pyridine rings is 1. The van der Waals surface area contributed by atoms with E-state index in [1.54, 1.807) is 24.3 Å². The van der Waals surface area contributed by atoms with Gasteiger partial charge in [0.15, 0.2) is 15.7 Å². The average molecular weight is 561 g/mol. The van der Waals surface area contributed by atoms with Crippen molar-refractivity contribution in [2.24, 2.45) is 11.8 Å². The summed E-state index contributed by atoms with van der Waals surface area (Å²) in [6, 6.07) is 8.00. The molecule has 1 aliphatic carbocycles. The van der Waals surface area contributed by atoms with Crippen LogP contribution in [-0.4, -0.2) is 51.1 Å². The van der Waals surface area contributed by atoms with Crippen molar-refractivity contribution in [3.05, 3.63) is 47.1 Å². The largest absolute Gasteiger partial charge is 0.356 e. The molecular formula is C28H37ClN4O4S. The molecule has 38 heavy (non-hydrogen) atoms. The van der Waals surface area contributed by atoms with Gasteiger partial charge in [0.1, 0.15) is 0 Å². The number of anilines is 2. The lowest BCUT2D eigenvalue weighted by Crippen LogP contribution is -2.37. The number of nitrogens with zero attached hydrogens (tertiary/aromatic N) is 2. The fourth-order valence-electron chi connectivity index (χ4n) is 5.32. The zero-order valence-corrected chi connectivity index (χ0v) is 23.5. The fraction of sp³-hybridized carbons (Fsp3) is 0.536. The molecule has 1 saturated heterocycles. The minimum absolute atomic E-state index is 0.0304. The number of carbonyl (C=O) groups excluding carboxylic acids is 2. The van der Waals surface area contributed by atoms with E-state index < -0.39 is 15.7 Å². The van der Waals surface area contributed by atoms with E-state index in [1.807, 2.05) is 4.90 Å². The molecule has 1 aromatic heterocycles. The highest BCUT2D eigenvalue weighted by molar-refractivity contribution is 7.90. The molecular weight excluding hydrogens is 524 g/mol. The summed E-state index contributed by atoms with van der Waals surface area (Å²) >= 11 is 6.04. The highest BCUT2D eigenvalue weighted by atomic mass is 35.5. The molecule has 1 aliphatic heterocycles. The second kappa shape index (κ2) is 12.9. The fourth-order valence-corrected chi connectivity index (χ4v) is 6.09. The van der Waals surface area contributed by atoms with Gasteiger partial charge in [-0.3, -0.25) is 9.59 Å². The maximum absolute atomic E-state index is 12.9. The number of benzene rings is 1. The zero-order chi connectivity index (χ0) is 27.1. The van der Waals surface area contributed by atoms with Crippen LogP contribution in [0.5, 0.6) is 0 Å². The molecule has 1 saturated carbocycles. The van der Waals surface area contributed by atoms with Crippen molar-refractivity contribution in [3.8, 4) is 0 Å². The molecule has 2 heterocycles. The number of rotatable bonds is 8. The molecule has 0 bridgehead atoms. The predicted octanol–water partition coefficient (Wildman–Crippen LogP) is 5.08. The normalized spacial score (nSPS) is 17.6. The van der Waals surface area contributed by atoms with Gasteiger partial charge in [-0.25, -0.2) is 13.4 Å². The van der Waals surface area contributed by atoms with Crippen LogP contribution in [0.1, 0.15) is 68.1 Å². The van der Waals surface area contributed by atoms with E-state index in [-0.39, 0.29) is 16.7 Å². The van der Waals surface area contributed by atoms with Gasteiger partial charge in [-0.05, 0) is 61.8 Å². The Bertz CT molecular complexity index is 1240. The first-order valence-corrected chi connectivity index (χ1v) is 15.7. The molecule has 1 aromatic carbocycles. The Morgan fingerprint density at radius 1 is 1.03 bits per heavy atom.